The molecule has 0 aliphatic heterocycles. The number of carbonyl (C=O) groups excluding carboxylic acids is 1. The van der Waals surface area contributed by atoms with Crippen molar-refractivity contribution in [2.75, 3.05) is 5.32 Å². The fraction of sp³-hybridized carbons (Fsp3) is 0.269. The monoisotopic (exact) mass is 521 g/mol. The first-order valence-electron chi connectivity index (χ1n) is 11.2. The minimum atomic E-state index is -0.272. The summed E-state index contributed by atoms with van der Waals surface area (Å²) in [6, 6.07) is 17.4. The van der Waals surface area contributed by atoms with Crippen molar-refractivity contribution in [3.8, 4) is 5.75 Å². The molecule has 0 unspecified atom stereocenters. The van der Waals surface area contributed by atoms with Gasteiger partial charge in [-0.1, -0.05) is 38.1 Å². The molecule has 0 spiro atoms. The number of nitrogens with one attached hydrogen (secondary N) is 1. The van der Waals surface area contributed by atoms with E-state index in [1.807, 2.05) is 54.9 Å². The van der Waals surface area contributed by atoms with Gasteiger partial charge in [-0.15, -0.1) is 0 Å². The molecule has 0 fully saturated rings. The van der Waals surface area contributed by atoms with E-state index in [1.54, 1.807) is 16.9 Å². The zero-order chi connectivity index (χ0) is 24.2. The van der Waals surface area contributed by atoms with Crippen molar-refractivity contribution in [3.63, 3.8) is 0 Å². The predicted molar refractivity (Wildman–Crippen MR) is 136 cm³/mol. The maximum atomic E-state index is 12.7. The van der Waals surface area contributed by atoms with Gasteiger partial charge in [0.15, 0.2) is 12.4 Å². The van der Waals surface area contributed by atoms with E-state index in [0.29, 0.717) is 23.8 Å². The Morgan fingerprint density at radius 2 is 1.85 bits per heavy atom. The average molecular weight is 522 g/mol. The topological polar surface area (TPSA) is 74.0 Å². The molecule has 176 valence electrons. The van der Waals surface area contributed by atoms with Crippen LogP contribution in [0.1, 0.15) is 52.8 Å². The highest BCUT2D eigenvalue weighted by molar-refractivity contribution is 9.10. The van der Waals surface area contributed by atoms with Gasteiger partial charge in [-0.05, 0) is 77.2 Å². The molecule has 34 heavy (non-hydrogen) atoms. The molecule has 2 aromatic carbocycles. The van der Waals surface area contributed by atoms with Gasteiger partial charge in [0.05, 0.1) is 22.4 Å². The van der Waals surface area contributed by atoms with Gasteiger partial charge in [0, 0.05) is 11.9 Å². The van der Waals surface area contributed by atoms with Gasteiger partial charge in [-0.3, -0.25) is 9.48 Å². The van der Waals surface area contributed by atoms with E-state index in [-0.39, 0.29) is 12.6 Å². The van der Waals surface area contributed by atoms with Crippen LogP contribution < -0.4 is 10.1 Å². The maximum absolute atomic E-state index is 12.7. The number of hydrogen-bond donors (Lipinski definition) is 1. The number of halogens is 1. The van der Waals surface area contributed by atoms with Gasteiger partial charge < -0.3 is 10.1 Å². The molecule has 8 heteroatoms. The fourth-order valence-corrected chi connectivity index (χ4v) is 3.87. The summed E-state index contributed by atoms with van der Waals surface area (Å²) in [6.45, 7) is 9.15. The average Bonchev–Trinajstić information content (AvgIpc) is 3.39. The Balaban J connectivity index is 1.36. The molecular formula is C26H28BrN5O2. The first-order valence-corrected chi connectivity index (χ1v) is 12.0. The van der Waals surface area contributed by atoms with Crippen LogP contribution in [0.3, 0.4) is 0 Å². The lowest BCUT2D eigenvalue weighted by atomic mass is 10.0. The summed E-state index contributed by atoms with van der Waals surface area (Å²) < 4.78 is 10.3. The smallest absolute Gasteiger partial charge is 0.276 e. The molecule has 0 saturated heterocycles. The molecule has 4 rings (SSSR count). The Morgan fingerprint density at radius 1 is 1.09 bits per heavy atom. The molecule has 4 aromatic rings. The van der Waals surface area contributed by atoms with Crippen LogP contribution in [0.2, 0.25) is 0 Å². The summed E-state index contributed by atoms with van der Waals surface area (Å²) in [5.74, 6) is 0.964. The molecule has 0 bridgehead atoms. The van der Waals surface area contributed by atoms with Crippen molar-refractivity contribution in [2.45, 2.75) is 46.9 Å². The molecular weight excluding hydrogens is 494 g/mol. The standard InChI is InChI=1S/C26H28BrN5O2/c1-17(2)21-8-10-23(11-9-21)34-16-31-13-12-24(30-31)26(33)28-22-7-5-6-20(14-22)15-32-19(4)25(27)18(3)29-32/h5-14,17H,15-16H2,1-4H3,(H,28,33). The van der Waals surface area contributed by atoms with Crippen LogP contribution in [-0.2, 0) is 13.3 Å². The zero-order valence-corrected chi connectivity index (χ0v) is 21.3. The first kappa shape index (κ1) is 23.8. The second kappa shape index (κ2) is 10.3. The van der Waals surface area contributed by atoms with Crippen molar-refractivity contribution in [1.82, 2.24) is 19.6 Å². The normalized spacial score (nSPS) is 11.1. The van der Waals surface area contributed by atoms with Crippen molar-refractivity contribution >= 4 is 27.5 Å². The molecule has 2 aromatic heterocycles. The van der Waals surface area contributed by atoms with Gasteiger partial charge in [0.1, 0.15) is 5.75 Å². The summed E-state index contributed by atoms with van der Waals surface area (Å²) in [5, 5.41) is 11.8. The van der Waals surface area contributed by atoms with E-state index in [9.17, 15) is 4.79 Å². The Morgan fingerprint density at radius 3 is 2.53 bits per heavy atom. The second-order valence-corrected chi connectivity index (χ2v) is 9.33. The summed E-state index contributed by atoms with van der Waals surface area (Å²) in [6.07, 6.45) is 1.73. The second-order valence-electron chi connectivity index (χ2n) is 8.53. The Kier molecular flexibility index (Phi) is 7.17. The highest BCUT2D eigenvalue weighted by atomic mass is 79.9. The van der Waals surface area contributed by atoms with E-state index >= 15 is 0 Å². The lowest BCUT2D eigenvalue weighted by Crippen LogP contribution is -2.14. The Labute approximate surface area is 207 Å². The van der Waals surface area contributed by atoms with E-state index in [0.717, 1.165) is 27.2 Å². The van der Waals surface area contributed by atoms with Crippen LogP contribution >= 0.6 is 15.9 Å². The number of ether oxygens (including phenoxy) is 1. The third-order valence-electron chi connectivity index (χ3n) is 5.59. The Hall–Kier alpha value is -3.39. The van der Waals surface area contributed by atoms with Crippen LogP contribution in [0.5, 0.6) is 5.75 Å². The fourth-order valence-electron chi connectivity index (χ4n) is 3.59. The molecule has 0 saturated carbocycles. The van der Waals surface area contributed by atoms with Crippen molar-refractivity contribution in [3.05, 3.63) is 93.5 Å². The molecule has 0 radical (unpaired) electrons. The van der Waals surface area contributed by atoms with E-state index in [1.165, 1.54) is 5.56 Å². The van der Waals surface area contributed by atoms with Gasteiger partial charge in [-0.25, -0.2) is 4.68 Å². The maximum Gasteiger partial charge on any atom is 0.276 e. The number of aryl methyl sites for hydroxylation is 1. The lowest BCUT2D eigenvalue weighted by molar-refractivity contribution is 0.102. The summed E-state index contributed by atoms with van der Waals surface area (Å²) >= 11 is 3.56. The molecule has 1 N–H and O–H groups in total. The number of aromatic nitrogens is 4. The van der Waals surface area contributed by atoms with E-state index < -0.39 is 0 Å². The summed E-state index contributed by atoms with van der Waals surface area (Å²) in [4.78, 5) is 12.7. The van der Waals surface area contributed by atoms with Gasteiger partial charge >= 0.3 is 0 Å². The minimum absolute atomic E-state index is 0.224. The highest BCUT2D eigenvalue weighted by Crippen LogP contribution is 2.22. The quantitative estimate of drug-likeness (QED) is 0.312. The van der Waals surface area contributed by atoms with E-state index in [2.05, 4.69) is 57.4 Å². The van der Waals surface area contributed by atoms with Crippen LogP contribution in [0.4, 0.5) is 5.69 Å². The third kappa shape index (κ3) is 5.56. The molecule has 7 nitrogen and oxygen atoms in total. The predicted octanol–water partition coefficient (Wildman–Crippen LogP) is 5.92. The van der Waals surface area contributed by atoms with Crippen molar-refractivity contribution in [1.29, 1.82) is 0 Å². The van der Waals surface area contributed by atoms with Crippen LogP contribution in [0.25, 0.3) is 0 Å². The van der Waals surface area contributed by atoms with Gasteiger partial charge in [0.2, 0.25) is 0 Å². The zero-order valence-electron chi connectivity index (χ0n) is 19.7. The molecule has 2 heterocycles. The summed E-state index contributed by atoms with van der Waals surface area (Å²) in [5.41, 5.74) is 5.35. The number of carbonyl (C=O) groups is 1. The highest BCUT2D eigenvalue weighted by Gasteiger charge is 2.12. The van der Waals surface area contributed by atoms with E-state index in [4.69, 9.17) is 4.74 Å². The number of nitrogens with zero attached hydrogens (tertiary/aromatic N) is 4. The number of hydrogen-bond acceptors (Lipinski definition) is 4. The Bertz CT molecular complexity index is 1290. The minimum Gasteiger partial charge on any atom is -0.471 e. The number of amides is 1. The molecule has 0 aliphatic rings. The van der Waals surface area contributed by atoms with Crippen LogP contribution in [0, 0.1) is 13.8 Å². The van der Waals surface area contributed by atoms with Crippen molar-refractivity contribution in [2.24, 2.45) is 0 Å². The van der Waals surface area contributed by atoms with Gasteiger partial charge in [0.25, 0.3) is 5.91 Å². The SMILES string of the molecule is Cc1nn(Cc2cccc(NC(=O)c3ccn(COc4ccc(C(C)C)cc4)n3)c2)c(C)c1Br. The van der Waals surface area contributed by atoms with Crippen LogP contribution in [0.15, 0.2) is 65.3 Å². The molecule has 0 aliphatic carbocycles. The lowest BCUT2D eigenvalue weighted by Gasteiger charge is -2.09. The largest absolute Gasteiger partial charge is 0.471 e. The number of rotatable bonds is 8. The first-order chi connectivity index (χ1) is 16.3. The molecule has 0 atom stereocenters. The number of anilines is 1. The summed E-state index contributed by atoms with van der Waals surface area (Å²) in [7, 11) is 0. The number of benzene rings is 2. The van der Waals surface area contributed by atoms with Crippen molar-refractivity contribution < 1.29 is 9.53 Å². The van der Waals surface area contributed by atoms with Gasteiger partial charge in [-0.2, -0.15) is 10.2 Å². The molecule has 1 amide bonds. The third-order valence-corrected chi connectivity index (χ3v) is 6.74. The van der Waals surface area contributed by atoms with Crippen LogP contribution in [-0.4, -0.2) is 25.5 Å².